The molecular weight excluding hydrogens is 157 g/mol. The van der Waals surface area contributed by atoms with Gasteiger partial charge in [0.2, 0.25) is 0 Å². The zero-order valence-electron chi connectivity index (χ0n) is 1.07. The van der Waals surface area contributed by atoms with Crippen molar-refractivity contribution in [3.05, 3.63) is 0 Å². The summed E-state index contributed by atoms with van der Waals surface area (Å²) in [7, 11) is 9.40. The van der Waals surface area contributed by atoms with Crippen LogP contribution in [0.25, 0.3) is 0 Å². The molecule has 0 amide bonds. The SMILES string of the molecule is [AlH3].[Cl][Ni][Cl]. The molecule has 0 saturated heterocycles. The van der Waals surface area contributed by atoms with Crippen LogP contribution in [-0.2, 0) is 12.7 Å². The Bertz CT molecular complexity index is 6.00. The molecule has 0 aliphatic carbocycles. The fourth-order valence-electron chi connectivity index (χ4n) is 0. The Morgan fingerprint density at radius 1 is 1.25 bits per heavy atom. The van der Waals surface area contributed by atoms with E-state index in [0.29, 0.717) is 12.7 Å². The second-order valence-corrected chi connectivity index (χ2v) is 1.68. The van der Waals surface area contributed by atoms with Crippen LogP contribution in [0.5, 0.6) is 0 Å². The molecular formula is H3AlCl2Ni. The van der Waals surface area contributed by atoms with Gasteiger partial charge >= 0.3 is 33.0 Å². The summed E-state index contributed by atoms with van der Waals surface area (Å²) in [5.41, 5.74) is 0. The first-order valence-electron chi connectivity index (χ1n) is 0.239. The quantitative estimate of drug-likeness (QED) is 0.443. The predicted octanol–water partition coefficient (Wildman–Crippen LogP) is 0.193. The third-order valence-electron chi connectivity index (χ3n) is 0. The molecule has 0 unspecified atom stereocenters. The average Bonchev–Trinajstić information content (AvgIpc) is 0.918. The Labute approximate surface area is 50.3 Å². The molecule has 4 heteroatoms. The molecule has 0 saturated carbocycles. The molecule has 0 atom stereocenters. The summed E-state index contributed by atoms with van der Waals surface area (Å²) in [6.45, 7) is 0. The summed E-state index contributed by atoms with van der Waals surface area (Å²) >= 11 is 0.569. The van der Waals surface area contributed by atoms with E-state index in [1.54, 1.807) is 0 Å². The molecule has 4 heavy (non-hydrogen) atoms. The van der Waals surface area contributed by atoms with Crippen LogP contribution in [0.15, 0.2) is 0 Å². The van der Waals surface area contributed by atoms with E-state index in [9.17, 15) is 0 Å². The van der Waals surface area contributed by atoms with E-state index in [-0.39, 0.29) is 17.4 Å². The van der Waals surface area contributed by atoms with Crippen LogP contribution in [0, 0.1) is 0 Å². The maximum atomic E-state index is 4.70. The summed E-state index contributed by atoms with van der Waals surface area (Å²) in [5, 5.41) is 0. The van der Waals surface area contributed by atoms with Gasteiger partial charge in [-0.3, -0.25) is 0 Å². The molecule has 0 heterocycles. The van der Waals surface area contributed by atoms with Gasteiger partial charge in [-0.05, 0) is 0 Å². The minimum absolute atomic E-state index is 0. The molecule has 0 aliphatic rings. The zero-order valence-corrected chi connectivity index (χ0v) is 3.57. The fraction of sp³-hybridized carbons (Fsp3) is 0. The van der Waals surface area contributed by atoms with E-state index in [0.717, 1.165) is 0 Å². The third-order valence-corrected chi connectivity index (χ3v) is 0. The van der Waals surface area contributed by atoms with Crippen molar-refractivity contribution in [1.82, 2.24) is 0 Å². The molecule has 0 bridgehead atoms. The molecule has 0 fully saturated rings. The second-order valence-electron chi connectivity index (χ2n) is 0.0452. The molecule has 0 aromatic heterocycles. The van der Waals surface area contributed by atoms with Crippen molar-refractivity contribution in [2.75, 3.05) is 0 Å². The Balaban J connectivity index is 0. The Hall–Kier alpha value is 1.61. The van der Waals surface area contributed by atoms with Crippen LogP contribution in [-0.4, -0.2) is 17.4 Å². The molecule has 0 nitrogen and oxygen atoms in total. The maximum absolute atomic E-state index is 4.70. The van der Waals surface area contributed by atoms with Gasteiger partial charge in [0, 0.05) is 0 Å². The molecule has 0 rings (SSSR count). The molecule has 0 aromatic rings. The van der Waals surface area contributed by atoms with Gasteiger partial charge in [-0.15, -0.1) is 0 Å². The monoisotopic (exact) mass is 158 g/mol. The fourth-order valence-corrected chi connectivity index (χ4v) is 0. The summed E-state index contributed by atoms with van der Waals surface area (Å²) < 4.78 is 0. The first-order valence-corrected chi connectivity index (χ1v) is 2.96. The van der Waals surface area contributed by atoms with Crippen LogP contribution in [0.1, 0.15) is 0 Å². The molecule has 0 aromatic carbocycles. The van der Waals surface area contributed by atoms with Crippen LogP contribution >= 0.6 is 20.4 Å². The van der Waals surface area contributed by atoms with Crippen LogP contribution in [0.2, 0.25) is 0 Å². The van der Waals surface area contributed by atoms with Crippen LogP contribution < -0.4 is 0 Å². The Morgan fingerprint density at radius 2 is 1.25 bits per heavy atom. The van der Waals surface area contributed by atoms with Gasteiger partial charge in [-0.1, -0.05) is 0 Å². The number of hydrogen-bond donors (Lipinski definition) is 0. The van der Waals surface area contributed by atoms with Gasteiger partial charge in [0.15, 0.2) is 17.4 Å². The summed E-state index contributed by atoms with van der Waals surface area (Å²) in [4.78, 5) is 0. The van der Waals surface area contributed by atoms with E-state index in [4.69, 9.17) is 20.4 Å². The van der Waals surface area contributed by atoms with Crippen molar-refractivity contribution in [3.8, 4) is 0 Å². The number of halogens is 2. The minimum atomic E-state index is 0. The van der Waals surface area contributed by atoms with Crippen LogP contribution in [0.4, 0.5) is 0 Å². The zero-order chi connectivity index (χ0) is 2.71. The predicted molar refractivity (Wildman–Crippen MR) is 21.6 cm³/mol. The van der Waals surface area contributed by atoms with E-state index >= 15 is 0 Å². The summed E-state index contributed by atoms with van der Waals surface area (Å²) in [5.74, 6) is 0. The van der Waals surface area contributed by atoms with E-state index in [1.807, 2.05) is 0 Å². The Kier molecular flexibility index (Phi) is 20.2. The van der Waals surface area contributed by atoms with E-state index < -0.39 is 0 Å². The van der Waals surface area contributed by atoms with Gasteiger partial charge in [-0.25, -0.2) is 0 Å². The average molecular weight is 160 g/mol. The first-order chi connectivity index (χ1) is 1.41. The second kappa shape index (κ2) is 8.82. The topological polar surface area (TPSA) is 0 Å². The van der Waals surface area contributed by atoms with Crippen molar-refractivity contribution in [1.29, 1.82) is 0 Å². The molecule has 0 N–H and O–H groups in total. The van der Waals surface area contributed by atoms with Gasteiger partial charge in [0.25, 0.3) is 0 Å². The molecule has 0 aliphatic heterocycles. The summed E-state index contributed by atoms with van der Waals surface area (Å²) in [6.07, 6.45) is 0. The van der Waals surface area contributed by atoms with E-state index in [2.05, 4.69) is 0 Å². The standard InChI is InChI=1S/Al.2ClH.Ni.3H/h;2*1H;;;;/q;;;+2;;;/p-2. The number of hydrogen-bond acceptors (Lipinski definition) is 0. The van der Waals surface area contributed by atoms with Crippen molar-refractivity contribution < 1.29 is 12.7 Å². The van der Waals surface area contributed by atoms with Crippen LogP contribution in [0.3, 0.4) is 0 Å². The first kappa shape index (κ1) is 9.15. The van der Waals surface area contributed by atoms with Crippen molar-refractivity contribution >= 4 is 37.7 Å². The van der Waals surface area contributed by atoms with Gasteiger partial charge < -0.3 is 0 Å². The summed E-state index contributed by atoms with van der Waals surface area (Å²) in [6, 6.07) is 0. The van der Waals surface area contributed by atoms with Crippen molar-refractivity contribution in [2.24, 2.45) is 0 Å². The molecule has 0 spiro atoms. The normalized spacial score (nSPS) is 5.50. The van der Waals surface area contributed by atoms with Gasteiger partial charge in [0.1, 0.15) is 0 Å². The van der Waals surface area contributed by atoms with Gasteiger partial charge in [0.05, 0.1) is 0 Å². The molecule has 30 valence electrons. The Morgan fingerprint density at radius 3 is 1.25 bits per heavy atom. The number of rotatable bonds is 0. The van der Waals surface area contributed by atoms with E-state index in [1.165, 1.54) is 0 Å². The van der Waals surface area contributed by atoms with Gasteiger partial charge in [-0.2, -0.15) is 0 Å². The molecule has 0 radical (unpaired) electrons. The third kappa shape index (κ3) is 9.49. The van der Waals surface area contributed by atoms with Crippen molar-refractivity contribution in [2.45, 2.75) is 0 Å². The van der Waals surface area contributed by atoms with Crippen molar-refractivity contribution in [3.63, 3.8) is 0 Å².